The molecule has 1 amide bonds. The second-order valence-corrected chi connectivity index (χ2v) is 6.27. The Morgan fingerprint density at radius 2 is 1.92 bits per heavy atom. The maximum Gasteiger partial charge on any atom is 0.257 e. The standard InChI is InChI=1S/C21H25NO4/c1-4-26-20-8-6-5-7-17(20)21(23)22-12-11-15(14-22)18-13-16(24-2)9-10-19(18)25-3/h5-10,13,15H,4,11-12,14H2,1-3H3. The summed E-state index contributed by atoms with van der Waals surface area (Å²) in [7, 11) is 3.32. The van der Waals surface area contributed by atoms with Crippen LogP contribution in [0.2, 0.25) is 0 Å². The van der Waals surface area contributed by atoms with Crippen molar-refractivity contribution in [3.05, 3.63) is 53.6 Å². The molecule has 2 aromatic rings. The number of carbonyl (C=O) groups is 1. The quantitative estimate of drug-likeness (QED) is 0.792. The highest BCUT2D eigenvalue weighted by Crippen LogP contribution is 2.36. The largest absolute Gasteiger partial charge is 0.497 e. The molecular formula is C21H25NO4. The molecule has 1 aliphatic rings. The van der Waals surface area contributed by atoms with Gasteiger partial charge < -0.3 is 19.1 Å². The van der Waals surface area contributed by atoms with Crippen LogP contribution in [-0.2, 0) is 0 Å². The molecular weight excluding hydrogens is 330 g/mol. The first-order chi connectivity index (χ1) is 12.7. The van der Waals surface area contributed by atoms with Crippen molar-refractivity contribution in [3.8, 4) is 17.2 Å². The second-order valence-electron chi connectivity index (χ2n) is 6.27. The third-order valence-electron chi connectivity index (χ3n) is 4.77. The number of para-hydroxylation sites is 1. The van der Waals surface area contributed by atoms with E-state index in [1.807, 2.05) is 54.3 Å². The van der Waals surface area contributed by atoms with Crippen LogP contribution in [-0.4, -0.2) is 44.7 Å². The number of ether oxygens (including phenoxy) is 3. The number of hydrogen-bond donors (Lipinski definition) is 0. The zero-order valence-electron chi connectivity index (χ0n) is 15.5. The molecule has 2 aromatic carbocycles. The Labute approximate surface area is 154 Å². The number of methoxy groups -OCH3 is 2. The predicted molar refractivity (Wildman–Crippen MR) is 100 cm³/mol. The van der Waals surface area contributed by atoms with Crippen LogP contribution in [0.5, 0.6) is 17.2 Å². The Morgan fingerprint density at radius 3 is 2.65 bits per heavy atom. The van der Waals surface area contributed by atoms with Crippen molar-refractivity contribution in [2.75, 3.05) is 33.9 Å². The molecule has 26 heavy (non-hydrogen) atoms. The maximum absolute atomic E-state index is 13.0. The van der Waals surface area contributed by atoms with Gasteiger partial charge in [-0.15, -0.1) is 0 Å². The lowest BCUT2D eigenvalue weighted by Gasteiger charge is -2.19. The van der Waals surface area contributed by atoms with E-state index in [4.69, 9.17) is 14.2 Å². The molecule has 1 saturated heterocycles. The first-order valence-electron chi connectivity index (χ1n) is 8.91. The van der Waals surface area contributed by atoms with Crippen molar-refractivity contribution in [1.29, 1.82) is 0 Å². The van der Waals surface area contributed by atoms with Gasteiger partial charge in [-0.05, 0) is 43.7 Å². The van der Waals surface area contributed by atoms with E-state index in [0.717, 1.165) is 23.5 Å². The number of amides is 1. The molecule has 0 radical (unpaired) electrons. The highest BCUT2D eigenvalue weighted by Gasteiger charge is 2.31. The SMILES string of the molecule is CCOc1ccccc1C(=O)N1CCC(c2cc(OC)ccc2OC)C1. The molecule has 0 N–H and O–H groups in total. The summed E-state index contributed by atoms with van der Waals surface area (Å²) in [6.45, 7) is 3.82. The summed E-state index contributed by atoms with van der Waals surface area (Å²) < 4.78 is 16.5. The molecule has 1 fully saturated rings. The minimum atomic E-state index is 0.0124. The smallest absolute Gasteiger partial charge is 0.257 e. The highest BCUT2D eigenvalue weighted by atomic mass is 16.5. The van der Waals surface area contributed by atoms with E-state index >= 15 is 0 Å². The van der Waals surface area contributed by atoms with Crippen LogP contribution in [0.4, 0.5) is 0 Å². The molecule has 5 nitrogen and oxygen atoms in total. The average molecular weight is 355 g/mol. The van der Waals surface area contributed by atoms with Gasteiger partial charge in [-0.3, -0.25) is 4.79 Å². The average Bonchev–Trinajstić information content (AvgIpc) is 3.17. The third-order valence-corrected chi connectivity index (χ3v) is 4.77. The zero-order chi connectivity index (χ0) is 18.5. The summed E-state index contributed by atoms with van der Waals surface area (Å²) in [5, 5.41) is 0. The second kappa shape index (κ2) is 8.13. The Bertz CT molecular complexity index is 774. The fraction of sp³-hybridized carbons (Fsp3) is 0.381. The minimum absolute atomic E-state index is 0.0124. The van der Waals surface area contributed by atoms with Gasteiger partial charge in [0.1, 0.15) is 17.2 Å². The molecule has 5 heteroatoms. The van der Waals surface area contributed by atoms with Gasteiger partial charge in [0.05, 0.1) is 26.4 Å². The number of carbonyl (C=O) groups excluding carboxylic acids is 1. The minimum Gasteiger partial charge on any atom is -0.497 e. The fourth-order valence-corrected chi connectivity index (χ4v) is 3.45. The molecule has 0 aliphatic carbocycles. The number of likely N-dealkylation sites (tertiary alicyclic amines) is 1. The lowest BCUT2D eigenvalue weighted by Crippen LogP contribution is -2.29. The van der Waals surface area contributed by atoms with Gasteiger partial charge in [0.25, 0.3) is 5.91 Å². The molecule has 1 unspecified atom stereocenters. The van der Waals surface area contributed by atoms with Gasteiger partial charge in [0, 0.05) is 24.6 Å². The Morgan fingerprint density at radius 1 is 1.12 bits per heavy atom. The van der Waals surface area contributed by atoms with E-state index in [9.17, 15) is 4.79 Å². The molecule has 1 aliphatic heterocycles. The zero-order valence-corrected chi connectivity index (χ0v) is 15.5. The van der Waals surface area contributed by atoms with Crippen LogP contribution in [0.15, 0.2) is 42.5 Å². The molecule has 1 atom stereocenters. The van der Waals surface area contributed by atoms with E-state index in [-0.39, 0.29) is 11.8 Å². The maximum atomic E-state index is 13.0. The molecule has 1 heterocycles. The van der Waals surface area contributed by atoms with Crippen LogP contribution in [0.25, 0.3) is 0 Å². The summed E-state index contributed by atoms with van der Waals surface area (Å²) in [5.41, 5.74) is 1.70. The third kappa shape index (κ3) is 3.62. The summed E-state index contributed by atoms with van der Waals surface area (Å²) in [4.78, 5) is 14.9. The van der Waals surface area contributed by atoms with E-state index in [2.05, 4.69) is 0 Å². The summed E-state index contributed by atoms with van der Waals surface area (Å²) in [6.07, 6.45) is 0.895. The van der Waals surface area contributed by atoms with Crippen LogP contribution < -0.4 is 14.2 Å². The number of benzene rings is 2. The van der Waals surface area contributed by atoms with E-state index in [1.54, 1.807) is 14.2 Å². The van der Waals surface area contributed by atoms with E-state index in [0.29, 0.717) is 31.0 Å². The van der Waals surface area contributed by atoms with Gasteiger partial charge in [0.2, 0.25) is 0 Å². The molecule has 3 rings (SSSR count). The number of nitrogens with zero attached hydrogens (tertiary/aromatic N) is 1. The van der Waals surface area contributed by atoms with Gasteiger partial charge in [-0.1, -0.05) is 12.1 Å². The Balaban J connectivity index is 1.80. The topological polar surface area (TPSA) is 48.0 Å². The summed E-state index contributed by atoms with van der Waals surface area (Å²) in [6, 6.07) is 13.2. The van der Waals surface area contributed by atoms with Crippen molar-refractivity contribution in [1.82, 2.24) is 4.90 Å². The molecule has 138 valence electrons. The van der Waals surface area contributed by atoms with Crippen LogP contribution in [0.3, 0.4) is 0 Å². The lowest BCUT2D eigenvalue weighted by molar-refractivity contribution is 0.0786. The van der Waals surface area contributed by atoms with Gasteiger partial charge in [0.15, 0.2) is 0 Å². The number of hydrogen-bond acceptors (Lipinski definition) is 4. The van der Waals surface area contributed by atoms with E-state index < -0.39 is 0 Å². The Kier molecular flexibility index (Phi) is 5.66. The predicted octanol–water partition coefficient (Wildman–Crippen LogP) is 3.73. The lowest BCUT2D eigenvalue weighted by atomic mass is 9.97. The summed E-state index contributed by atoms with van der Waals surface area (Å²) in [5.74, 6) is 2.51. The first kappa shape index (κ1) is 18.1. The van der Waals surface area contributed by atoms with Gasteiger partial charge in [-0.2, -0.15) is 0 Å². The van der Waals surface area contributed by atoms with Crippen molar-refractivity contribution >= 4 is 5.91 Å². The first-order valence-corrected chi connectivity index (χ1v) is 8.91. The molecule has 0 aromatic heterocycles. The molecule has 0 saturated carbocycles. The molecule has 0 spiro atoms. The van der Waals surface area contributed by atoms with Gasteiger partial charge in [-0.25, -0.2) is 0 Å². The fourth-order valence-electron chi connectivity index (χ4n) is 3.45. The van der Waals surface area contributed by atoms with Crippen LogP contribution in [0, 0.1) is 0 Å². The summed E-state index contributed by atoms with van der Waals surface area (Å²) >= 11 is 0. The van der Waals surface area contributed by atoms with Crippen molar-refractivity contribution in [2.45, 2.75) is 19.3 Å². The van der Waals surface area contributed by atoms with E-state index in [1.165, 1.54) is 0 Å². The normalized spacial score (nSPS) is 16.4. The van der Waals surface area contributed by atoms with Crippen LogP contribution >= 0.6 is 0 Å². The van der Waals surface area contributed by atoms with Crippen molar-refractivity contribution in [3.63, 3.8) is 0 Å². The number of rotatable bonds is 6. The van der Waals surface area contributed by atoms with Gasteiger partial charge >= 0.3 is 0 Å². The van der Waals surface area contributed by atoms with Crippen LogP contribution in [0.1, 0.15) is 35.2 Å². The molecule has 0 bridgehead atoms. The van der Waals surface area contributed by atoms with Crippen molar-refractivity contribution in [2.24, 2.45) is 0 Å². The highest BCUT2D eigenvalue weighted by molar-refractivity contribution is 5.97. The monoisotopic (exact) mass is 355 g/mol. The Hall–Kier alpha value is -2.69. The van der Waals surface area contributed by atoms with Crippen molar-refractivity contribution < 1.29 is 19.0 Å².